The highest BCUT2D eigenvalue weighted by Crippen LogP contribution is 2.23. The molecule has 3 rings (SSSR count). The SMILES string of the molecule is Nc1ncc(Br)nc1Nc1ccc2[nH]ncc2c1. The minimum atomic E-state index is 0.352. The number of rotatable bonds is 2. The fraction of sp³-hybridized carbons (Fsp3) is 0. The molecule has 0 spiro atoms. The molecule has 2 aromatic heterocycles. The zero-order chi connectivity index (χ0) is 12.5. The van der Waals surface area contributed by atoms with E-state index in [-0.39, 0.29) is 0 Å². The van der Waals surface area contributed by atoms with Crippen LogP contribution < -0.4 is 11.1 Å². The van der Waals surface area contributed by atoms with Gasteiger partial charge >= 0.3 is 0 Å². The molecule has 4 N–H and O–H groups in total. The molecule has 0 fully saturated rings. The number of nitrogens with zero attached hydrogens (tertiary/aromatic N) is 3. The van der Waals surface area contributed by atoms with Gasteiger partial charge in [-0.3, -0.25) is 5.10 Å². The number of hydrogen-bond donors (Lipinski definition) is 3. The van der Waals surface area contributed by atoms with Gasteiger partial charge in [-0.05, 0) is 34.1 Å². The second-order valence-electron chi connectivity index (χ2n) is 3.72. The van der Waals surface area contributed by atoms with Gasteiger partial charge in [0, 0.05) is 11.1 Å². The molecule has 0 unspecified atom stereocenters. The Balaban J connectivity index is 1.97. The summed E-state index contributed by atoms with van der Waals surface area (Å²) in [7, 11) is 0. The molecule has 1 aromatic carbocycles. The molecular formula is C11H9BrN6. The number of nitrogens with two attached hydrogens (primary N) is 1. The first kappa shape index (κ1) is 11.0. The molecule has 90 valence electrons. The monoisotopic (exact) mass is 304 g/mol. The molecular weight excluding hydrogens is 296 g/mol. The number of fused-ring (bicyclic) bond motifs is 1. The number of halogens is 1. The molecule has 0 aliphatic rings. The Morgan fingerprint density at radius 3 is 3.06 bits per heavy atom. The van der Waals surface area contributed by atoms with Crippen molar-refractivity contribution in [1.29, 1.82) is 0 Å². The van der Waals surface area contributed by atoms with Crippen LogP contribution in [0.2, 0.25) is 0 Å². The number of aromatic nitrogens is 4. The van der Waals surface area contributed by atoms with E-state index in [0.717, 1.165) is 16.6 Å². The first-order valence-electron chi connectivity index (χ1n) is 5.20. The molecule has 0 saturated carbocycles. The molecule has 6 nitrogen and oxygen atoms in total. The summed E-state index contributed by atoms with van der Waals surface area (Å²) in [5.74, 6) is 0.873. The number of H-pyrrole nitrogens is 1. The Morgan fingerprint density at radius 2 is 2.17 bits per heavy atom. The summed E-state index contributed by atoms with van der Waals surface area (Å²) in [4.78, 5) is 8.24. The van der Waals surface area contributed by atoms with Gasteiger partial charge in [-0.15, -0.1) is 0 Å². The Hall–Kier alpha value is -2.15. The van der Waals surface area contributed by atoms with Crippen LogP contribution >= 0.6 is 15.9 Å². The minimum Gasteiger partial charge on any atom is -0.381 e. The van der Waals surface area contributed by atoms with Crippen molar-refractivity contribution in [3.05, 3.63) is 35.2 Å². The van der Waals surface area contributed by atoms with Gasteiger partial charge in [-0.1, -0.05) is 0 Å². The van der Waals surface area contributed by atoms with Crippen molar-refractivity contribution >= 4 is 44.2 Å². The standard InChI is InChI=1S/C11H9BrN6/c12-9-5-14-10(13)11(17-9)16-7-1-2-8-6(3-7)4-15-18-8/h1-5H,(H2,13,14)(H,15,18)(H,16,17). The van der Waals surface area contributed by atoms with Gasteiger partial charge in [0.25, 0.3) is 0 Å². The van der Waals surface area contributed by atoms with Crippen LogP contribution in [-0.2, 0) is 0 Å². The molecule has 0 radical (unpaired) electrons. The Bertz CT molecular complexity index is 708. The Kier molecular flexibility index (Phi) is 2.60. The smallest absolute Gasteiger partial charge is 0.174 e. The number of nitrogens with one attached hydrogen (secondary N) is 2. The first-order chi connectivity index (χ1) is 8.72. The summed E-state index contributed by atoms with van der Waals surface area (Å²) < 4.78 is 0.628. The second-order valence-corrected chi connectivity index (χ2v) is 4.54. The average molecular weight is 305 g/mol. The van der Waals surface area contributed by atoms with E-state index >= 15 is 0 Å². The third-order valence-corrected chi connectivity index (χ3v) is 2.86. The number of nitrogen functional groups attached to an aromatic ring is 1. The van der Waals surface area contributed by atoms with Gasteiger partial charge in [0.15, 0.2) is 11.6 Å². The van der Waals surface area contributed by atoms with Crippen LogP contribution in [0.5, 0.6) is 0 Å². The predicted octanol–water partition coefficient (Wildman–Crippen LogP) is 2.44. The molecule has 0 aliphatic heterocycles. The summed E-state index contributed by atoms with van der Waals surface area (Å²) in [5.41, 5.74) is 7.61. The van der Waals surface area contributed by atoms with E-state index in [0.29, 0.717) is 16.2 Å². The van der Waals surface area contributed by atoms with E-state index in [4.69, 9.17) is 5.73 Å². The van der Waals surface area contributed by atoms with Crippen LogP contribution in [0, 0.1) is 0 Å². The largest absolute Gasteiger partial charge is 0.381 e. The number of aromatic amines is 1. The Morgan fingerprint density at radius 1 is 1.28 bits per heavy atom. The van der Waals surface area contributed by atoms with E-state index in [2.05, 4.69) is 41.4 Å². The van der Waals surface area contributed by atoms with Gasteiger partial charge in [-0.2, -0.15) is 5.10 Å². The second kappa shape index (κ2) is 4.26. The third-order valence-electron chi connectivity index (χ3n) is 2.47. The molecule has 0 saturated heterocycles. The van der Waals surface area contributed by atoms with Gasteiger partial charge in [-0.25, -0.2) is 9.97 Å². The Labute approximate surface area is 111 Å². The van der Waals surface area contributed by atoms with E-state index < -0.39 is 0 Å². The lowest BCUT2D eigenvalue weighted by Crippen LogP contribution is -2.01. The van der Waals surface area contributed by atoms with Crippen molar-refractivity contribution in [1.82, 2.24) is 20.2 Å². The van der Waals surface area contributed by atoms with Crippen molar-refractivity contribution in [3.63, 3.8) is 0 Å². The molecule has 0 atom stereocenters. The van der Waals surface area contributed by atoms with Gasteiger partial charge in [0.1, 0.15) is 4.60 Å². The van der Waals surface area contributed by atoms with Crippen LogP contribution in [0.3, 0.4) is 0 Å². The number of anilines is 3. The van der Waals surface area contributed by atoms with Gasteiger partial charge in [0.05, 0.1) is 17.9 Å². The maximum atomic E-state index is 5.75. The van der Waals surface area contributed by atoms with E-state index in [1.54, 1.807) is 12.4 Å². The minimum absolute atomic E-state index is 0.352. The normalized spacial score (nSPS) is 10.7. The molecule has 2 heterocycles. The van der Waals surface area contributed by atoms with Crippen molar-refractivity contribution in [3.8, 4) is 0 Å². The summed E-state index contributed by atoms with van der Waals surface area (Å²) in [6, 6.07) is 5.82. The quantitative estimate of drug-likeness (QED) is 0.676. The van der Waals surface area contributed by atoms with Crippen LogP contribution in [0.1, 0.15) is 0 Å². The number of hydrogen-bond acceptors (Lipinski definition) is 5. The highest BCUT2D eigenvalue weighted by Gasteiger charge is 2.05. The van der Waals surface area contributed by atoms with Crippen LogP contribution in [0.25, 0.3) is 10.9 Å². The fourth-order valence-electron chi connectivity index (χ4n) is 1.63. The zero-order valence-electron chi connectivity index (χ0n) is 9.18. The van der Waals surface area contributed by atoms with Gasteiger partial charge < -0.3 is 11.1 Å². The lowest BCUT2D eigenvalue weighted by molar-refractivity contribution is 1.12. The summed E-state index contributed by atoms with van der Waals surface area (Å²) >= 11 is 3.26. The van der Waals surface area contributed by atoms with Crippen molar-refractivity contribution in [2.24, 2.45) is 0 Å². The predicted molar refractivity (Wildman–Crippen MR) is 73.5 cm³/mol. The summed E-state index contributed by atoms with van der Waals surface area (Å²) in [6.45, 7) is 0. The fourth-order valence-corrected chi connectivity index (χ4v) is 1.91. The van der Waals surface area contributed by atoms with Crippen LogP contribution in [-0.4, -0.2) is 20.2 Å². The molecule has 0 bridgehead atoms. The third kappa shape index (κ3) is 2.00. The molecule has 0 amide bonds. The van der Waals surface area contributed by atoms with E-state index in [1.807, 2.05) is 18.2 Å². The topological polar surface area (TPSA) is 92.5 Å². The maximum absolute atomic E-state index is 5.75. The van der Waals surface area contributed by atoms with Crippen molar-refractivity contribution < 1.29 is 0 Å². The zero-order valence-corrected chi connectivity index (χ0v) is 10.8. The summed E-state index contributed by atoms with van der Waals surface area (Å²) in [5, 5.41) is 11.0. The first-order valence-corrected chi connectivity index (χ1v) is 6.00. The lowest BCUT2D eigenvalue weighted by Gasteiger charge is -2.07. The van der Waals surface area contributed by atoms with Crippen molar-refractivity contribution in [2.45, 2.75) is 0 Å². The summed E-state index contributed by atoms with van der Waals surface area (Å²) in [6.07, 6.45) is 3.32. The highest BCUT2D eigenvalue weighted by molar-refractivity contribution is 9.10. The maximum Gasteiger partial charge on any atom is 0.174 e. The average Bonchev–Trinajstić information content (AvgIpc) is 2.81. The lowest BCUT2D eigenvalue weighted by atomic mass is 10.2. The molecule has 7 heteroatoms. The van der Waals surface area contributed by atoms with Crippen LogP contribution in [0.4, 0.5) is 17.3 Å². The van der Waals surface area contributed by atoms with Gasteiger partial charge in [0.2, 0.25) is 0 Å². The molecule has 18 heavy (non-hydrogen) atoms. The molecule has 3 aromatic rings. The van der Waals surface area contributed by atoms with E-state index in [9.17, 15) is 0 Å². The number of benzene rings is 1. The highest BCUT2D eigenvalue weighted by atomic mass is 79.9. The van der Waals surface area contributed by atoms with Crippen molar-refractivity contribution in [2.75, 3.05) is 11.1 Å². The van der Waals surface area contributed by atoms with Crippen LogP contribution in [0.15, 0.2) is 35.2 Å². The van der Waals surface area contributed by atoms with E-state index in [1.165, 1.54) is 0 Å². The molecule has 0 aliphatic carbocycles.